The molecule has 2 aromatic rings. The van der Waals surface area contributed by atoms with Gasteiger partial charge >= 0.3 is 11.8 Å². The van der Waals surface area contributed by atoms with Crippen LogP contribution in [0.1, 0.15) is 29.2 Å². The third kappa shape index (κ3) is 4.93. The molecular weight excluding hydrogens is 304 g/mol. The molecule has 0 saturated carbocycles. The number of hydrogen-bond donors (Lipinski definition) is 3. The number of benzene rings is 2. The van der Waals surface area contributed by atoms with E-state index in [0.29, 0.717) is 12.1 Å². The molecule has 0 spiro atoms. The van der Waals surface area contributed by atoms with E-state index in [2.05, 4.69) is 10.6 Å². The summed E-state index contributed by atoms with van der Waals surface area (Å²) in [5.41, 5.74) is 3.53. The maximum atomic E-state index is 11.9. The van der Waals surface area contributed by atoms with Gasteiger partial charge in [0, 0.05) is 12.2 Å². The van der Waals surface area contributed by atoms with Crippen molar-refractivity contribution in [2.45, 2.75) is 26.4 Å². The second kappa shape index (κ2) is 8.26. The van der Waals surface area contributed by atoms with Gasteiger partial charge in [0.05, 0.1) is 6.10 Å². The second-order valence-corrected chi connectivity index (χ2v) is 5.72. The fourth-order valence-electron chi connectivity index (χ4n) is 2.25. The summed E-state index contributed by atoms with van der Waals surface area (Å²) >= 11 is 0. The lowest BCUT2D eigenvalue weighted by Crippen LogP contribution is -2.36. The standard InChI is InChI=1S/C19H22N2O3/c1-13-8-9-16(12-14(13)2)21-19(24)18(23)20-11-10-17(22)15-6-4-3-5-7-15/h3-9,12,17,22H,10-11H2,1-2H3,(H,20,23)(H,21,24). The number of carbonyl (C=O) groups is 2. The van der Waals surface area contributed by atoms with E-state index in [4.69, 9.17) is 0 Å². The van der Waals surface area contributed by atoms with Crippen LogP contribution >= 0.6 is 0 Å². The summed E-state index contributed by atoms with van der Waals surface area (Å²) in [4.78, 5) is 23.7. The van der Waals surface area contributed by atoms with Crippen molar-refractivity contribution in [3.63, 3.8) is 0 Å². The molecule has 2 amide bonds. The first-order valence-electron chi connectivity index (χ1n) is 7.87. The minimum atomic E-state index is -0.715. The van der Waals surface area contributed by atoms with Crippen LogP contribution in [0.25, 0.3) is 0 Å². The van der Waals surface area contributed by atoms with Crippen LogP contribution in [0, 0.1) is 13.8 Å². The van der Waals surface area contributed by atoms with E-state index in [1.54, 1.807) is 6.07 Å². The SMILES string of the molecule is Cc1ccc(NC(=O)C(=O)NCCC(O)c2ccccc2)cc1C. The molecule has 24 heavy (non-hydrogen) atoms. The van der Waals surface area contributed by atoms with E-state index >= 15 is 0 Å². The van der Waals surface area contributed by atoms with Crippen molar-refractivity contribution in [2.75, 3.05) is 11.9 Å². The fourth-order valence-corrected chi connectivity index (χ4v) is 2.25. The van der Waals surface area contributed by atoms with Crippen molar-refractivity contribution in [1.82, 2.24) is 5.32 Å². The summed E-state index contributed by atoms with van der Waals surface area (Å²) in [7, 11) is 0. The number of anilines is 1. The van der Waals surface area contributed by atoms with Gasteiger partial charge in [0.1, 0.15) is 0 Å². The minimum Gasteiger partial charge on any atom is -0.388 e. The Bertz CT molecular complexity index is 714. The predicted molar refractivity (Wildman–Crippen MR) is 93.6 cm³/mol. The largest absolute Gasteiger partial charge is 0.388 e. The van der Waals surface area contributed by atoms with Crippen LogP contribution < -0.4 is 10.6 Å². The molecule has 5 nitrogen and oxygen atoms in total. The van der Waals surface area contributed by atoms with E-state index in [1.807, 2.05) is 56.3 Å². The quantitative estimate of drug-likeness (QED) is 0.739. The molecule has 0 aliphatic heterocycles. The van der Waals surface area contributed by atoms with Crippen LogP contribution in [-0.4, -0.2) is 23.5 Å². The van der Waals surface area contributed by atoms with Crippen LogP contribution in [0.5, 0.6) is 0 Å². The Kier molecular flexibility index (Phi) is 6.09. The van der Waals surface area contributed by atoms with Crippen molar-refractivity contribution >= 4 is 17.5 Å². The first-order valence-corrected chi connectivity index (χ1v) is 7.87. The highest BCUT2D eigenvalue weighted by atomic mass is 16.3. The van der Waals surface area contributed by atoms with Crippen molar-refractivity contribution < 1.29 is 14.7 Å². The van der Waals surface area contributed by atoms with Gasteiger partial charge in [-0.15, -0.1) is 0 Å². The molecule has 1 unspecified atom stereocenters. The van der Waals surface area contributed by atoms with Crippen molar-refractivity contribution in [2.24, 2.45) is 0 Å². The van der Waals surface area contributed by atoms with Gasteiger partial charge in [-0.2, -0.15) is 0 Å². The van der Waals surface area contributed by atoms with Gasteiger partial charge in [-0.25, -0.2) is 0 Å². The molecule has 0 aromatic heterocycles. The highest BCUT2D eigenvalue weighted by Crippen LogP contribution is 2.15. The fraction of sp³-hybridized carbons (Fsp3) is 0.263. The topological polar surface area (TPSA) is 78.4 Å². The summed E-state index contributed by atoms with van der Waals surface area (Å²) in [6.07, 6.45) is -0.332. The van der Waals surface area contributed by atoms with E-state index in [-0.39, 0.29) is 6.54 Å². The summed E-state index contributed by atoms with van der Waals surface area (Å²) in [5.74, 6) is -1.43. The number of carbonyl (C=O) groups excluding carboxylic acids is 2. The van der Waals surface area contributed by atoms with Crippen LogP contribution in [0.15, 0.2) is 48.5 Å². The van der Waals surface area contributed by atoms with Gasteiger partial charge in [-0.1, -0.05) is 36.4 Å². The zero-order valence-corrected chi connectivity index (χ0v) is 13.9. The molecule has 0 fully saturated rings. The Labute approximate surface area is 141 Å². The average molecular weight is 326 g/mol. The highest BCUT2D eigenvalue weighted by Gasteiger charge is 2.14. The highest BCUT2D eigenvalue weighted by molar-refractivity contribution is 6.39. The van der Waals surface area contributed by atoms with Gasteiger partial charge in [0.25, 0.3) is 0 Å². The van der Waals surface area contributed by atoms with Crippen molar-refractivity contribution in [3.8, 4) is 0 Å². The summed E-state index contributed by atoms with van der Waals surface area (Å²) < 4.78 is 0. The van der Waals surface area contributed by atoms with Crippen LogP contribution in [0.2, 0.25) is 0 Å². The molecule has 3 N–H and O–H groups in total. The molecule has 2 aromatic carbocycles. The number of hydrogen-bond acceptors (Lipinski definition) is 3. The molecule has 0 bridgehead atoms. The third-order valence-corrected chi connectivity index (χ3v) is 3.86. The van der Waals surface area contributed by atoms with E-state index in [0.717, 1.165) is 16.7 Å². The Morgan fingerprint density at radius 3 is 2.38 bits per heavy atom. The molecular formula is C19H22N2O3. The monoisotopic (exact) mass is 326 g/mol. The molecule has 2 rings (SSSR count). The molecule has 126 valence electrons. The van der Waals surface area contributed by atoms with E-state index in [1.165, 1.54) is 0 Å². The predicted octanol–water partition coefficient (Wildman–Crippen LogP) is 2.48. The Morgan fingerprint density at radius 1 is 1.00 bits per heavy atom. The number of amides is 2. The van der Waals surface area contributed by atoms with E-state index < -0.39 is 17.9 Å². The summed E-state index contributed by atoms with van der Waals surface area (Å²) in [6.45, 7) is 4.14. The lowest BCUT2D eigenvalue weighted by atomic mass is 10.1. The average Bonchev–Trinajstić information content (AvgIpc) is 2.58. The Hall–Kier alpha value is -2.66. The lowest BCUT2D eigenvalue weighted by Gasteiger charge is -2.12. The minimum absolute atomic E-state index is 0.217. The van der Waals surface area contributed by atoms with Crippen LogP contribution in [-0.2, 0) is 9.59 Å². The number of rotatable bonds is 5. The molecule has 0 saturated heterocycles. The maximum Gasteiger partial charge on any atom is 0.313 e. The van der Waals surface area contributed by atoms with Crippen LogP contribution in [0.4, 0.5) is 5.69 Å². The zero-order valence-electron chi connectivity index (χ0n) is 13.9. The first kappa shape index (κ1) is 17.7. The number of aliphatic hydroxyl groups excluding tert-OH is 1. The van der Waals surface area contributed by atoms with Gasteiger partial charge in [0.2, 0.25) is 0 Å². The smallest absolute Gasteiger partial charge is 0.313 e. The maximum absolute atomic E-state index is 11.9. The summed E-state index contributed by atoms with van der Waals surface area (Å²) in [6, 6.07) is 14.7. The molecule has 5 heteroatoms. The normalized spacial score (nSPS) is 11.6. The molecule has 0 radical (unpaired) electrons. The van der Waals surface area contributed by atoms with E-state index in [9.17, 15) is 14.7 Å². The first-order chi connectivity index (χ1) is 11.5. The molecule has 0 aliphatic carbocycles. The number of aliphatic hydroxyl groups is 1. The number of aryl methyl sites for hydroxylation is 2. The van der Waals surface area contributed by atoms with Gasteiger partial charge in [-0.05, 0) is 49.1 Å². The zero-order chi connectivity index (χ0) is 17.5. The van der Waals surface area contributed by atoms with Crippen molar-refractivity contribution in [3.05, 3.63) is 65.2 Å². The Balaban J connectivity index is 1.79. The third-order valence-electron chi connectivity index (χ3n) is 3.86. The van der Waals surface area contributed by atoms with Gasteiger partial charge < -0.3 is 15.7 Å². The molecule has 1 atom stereocenters. The van der Waals surface area contributed by atoms with Gasteiger partial charge in [-0.3, -0.25) is 9.59 Å². The molecule has 0 heterocycles. The lowest BCUT2D eigenvalue weighted by molar-refractivity contribution is -0.136. The Morgan fingerprint density at radius 2 is 1.71 bits per heavy atom. The second-order valence-electron chi connectivity index (χ2n) is 5.72. The van der Waals surface area contributed by atoms with Crippen molar-refractivity contribution in [1.29, 1.82) is 0 Å². The summed E-state index contributed by atoms with van der Waals surface area (Å²) in [5, 5.41) is 15.1. The number of nitrogens with one attached hydrogen (secondary N) is 2. The molecule has 0 aliphatic rings. The van der Waals surface area contributed by atoms with Gasteiger partial charge in [0.15, 0.2) is 0 Å². The van der Waals surface area contributed by atoms with Crippen LogP contribution in [0.3, 0.4) is 0 Å².